The summed E-state index contributed by atoms with van der Waals surface area (Å²) in [4.78, 5) is 9.10. The molecule has 0 aliphatic rings. The molecular weight excluding hydrogens is 140 g/mol. The highest BCUT2D eigenvalue weighted by Crippen LogP contribution is 1.98. The van der Waals surface area contributed by atoms with Crippen LogP contribution in [-0.2, 0) is 11.4 Å². The van der Waals surface area contributed by atoms with Crippen LogP contribution in [0.5, 0.6) is 0 Å². The summed E-state index contributed by atoms with van der Waals surface area (Å²) >= 11 is 0. The van der Waals surface area contributed by atoms with Gasteiger partial charge in [-0.1, -0.05) is 6.07 Å². The Hall–Kier alpha value is -0.930. The van der Waals surface area contributed by atoms with Crippen LogP contribution in [0.4, 0.5) is 0 Å². The molecule has 0 aromatic carbocycles. The molecule has 11 heavy (non-hydrogen) atoms. The van der Waals surface area contributed by atoms with Crippen LogP contribution in [-0.4, -0.2) is 12.0 Å². The number of hydrogen-bond acceptors (Lipinski definition) is 3. The second kappa shape index (κ2) is 4.05. The lowest BCUT2D eigenvalue weighted by molar-refractivity contribution is 0.0424. The molecule has 1 rings (SSSR count). The monoisotopic (exact) mass is 152 g/mol. The number of hydrogen-bond donors (Lipinski definition) is 1. The third-order valence-corrected chi connectivity index (χ3v) is 1.34. The van der Waals surface area contributed by atoms with Crippen molar-refractivity contribution in [2.75, 3.05) is 7.05 Å². The number of aryl methyl sites for hydroxylation is 1. The van der Waals surface area contributed by atoms with Crippen LogP contribution in [0.3, 0.4) is 0 Å². The molecule has 0 unspecified atom stereocenters. The zero-order valence-electron chi connectivity index (χ0n) is 6.79. The molecule has 0 saturated carbocycles. The molecule has 0 aliphatic heterocycles. The second-order valence-corrected chi connectivity index (χ2v) is 2.32. The van der Waals surface area contributed by atoms with E-state index in [1.165, 1.54) is 5.56 Å². The Morgan fingerprint density at radius 2 is 2.36 bits per heavy atom. The minimum Gasteiger partial charge on any atom is -0.296 e. The molecule has 0 spiro atoms. The Bertz CT molecular complexity index is 208. The van der Waals surface area contributed by atoms with Crippen molar-refractivity contribution in [2.45, 2.75) is 13.5 Å². The van der Waals surface area contributed by atoms with Crippen molar-refractivity contribution in [2.24, 2.45) is 0 Å². The first-order valence-corrected chi connectivity index (χ1v) is 3.53. The fourth-order valence-electron chi connectivity index (χ4n) is 0.730. The SMILES string of the molecule is CNOCc1ccc(C)cn1. The van der Waals surface area contributed by atoms with Crippen LogP contribution in [0.15, 0.2) is 18.3 Å². The van der Waals surface area contributed by atoms with Gasteiger partial charge in [-0.2, -0.15) is 0 Å². The van der Waals surface area contributed by atoms with Crippen molar-refractivity contribution < 1.29 is 4.84 Å². The van der Waals surface area contributed by atoms with Crippen molar-refractivity contribution in [3.8, 4) is 0 Å². The summed E-state index contributed by atoms with van der Waals surface area (Å²) in [6, 6.07) is 3.97. The van der Waals surface area contributed by atoms with E-state index in [-0.39, 0.29) is 0 Å². The molecule has 0 radical (unpaired) electrons. The van der Waals surface area contributed by atoms with Gasteiger partial charge < -0.3 is 0 Å². The highest BCUT2D eigenvalue weighted by atomic mass is 16.6. The summed E-state index contributed by atoms with van der Waals surface area (Å²) in [5.41, 5.74) is 4.69. The summed E-state index contributed by atoms with van der Waals surface area (Å²) in [6.07, 6.45) is 1.83. The second-order valence-electron chi connectivity index (χ2n) is 2.32. The zero-order valence-corrected chi connectivity index (χ0v) is 6.79. The first-order valence-electron chi connectivity index (χ1n) is 3.53. The van der Waals surface area contributed by atoms with Crippen molar-refractivity contribution in [1.29, 1.82) is 0 Å². The Morgan fingerprint density at radius 1 is 1.55 bits per heavy atom. The number of aromatic nitrogens is 1. The van der Waals surface area contributed by atoms with Crippen molar-refractivity contribution >= 4 is 0 Å². The molecule has 1 aromatic rings. The van der Waals surface area contributed by atoms with Crippen LogP contribution in [0, 0.1) is 6.92 Å². The minimum absolute atomic E-state index is 0.511. The van der Waals surface area contributed by atoms with Gasteiger partial charge in [0.05, 0.1) is 5.69 Å². The van der Waals surface area contributed by atoms with Crippen LogP contribution < -0.4 is 5.48 Å². The maximum absolute atomic E-state index is 4.95. The molecule has 1 aromatic heterocycles. The molecule has 0 saturated heterocycles. The lowest BCUT2D eigenvalue weighted by Crippen LogP contribution is -2.07. The molecule has 0 amide bonds. The predicted molar refractivity (Wildman–Crippen MR) is 42.8 cm³/mol. The predicted octanol–water partition coefficient (Wildman–Crippen LogP) is 1.04. The first-order chi connectivity index (χ1) is 5.33. The van der Waals surface area contributed by atoms with Gasteiger partial charge in [0.25, 0.3) is 0 Å². The van der Waals surface area contributed by atoms with Crippen LogP contribution in [0.1, 0.15) is 11.3 Å². The Morgan fingerprint density at radius 3 is 2.91 bits per heavy atom. The first kappa shape index (κ1) is 8.17. The Labute approximate surface area is 66.4 Å². The van der Waals surface area contributed by atoms with E-state index < -0.39 is 0 Å². The smallest absolute Gasteiger partial charge is 0.110 e. The topological polar surface area (TPSA) is 34.1 Å². The zero-order chi connectivity index (χ0) is 8.10. The van der Waals surface area contributed by atoms with E-state index >= 15 is 0 Å². The van der Waals surface area contributed by atoms with Crippen molar-refractivity contribution in [3.05, 3.63) is 29.6 Å². The van der Waals surface area contributed by atoms with Gasteiger partial charge in [0.1, 0.15) is 6.61 Å². The van der Waals surface area contributed by atoms with Crippen LogP contribution in [0.2, 0.25) is 0 Å². The molecule has 3 nitrogen and oxygen atoms in total. The quantitative estimate of drug-likeness (QED) is 0.657. The molecule has 60 valence electrons. The summed E-state index contributed by atoms with van der Waals surface area (Å²) in [7, 11) is 1.73. The van der Waals surface area contributed by atoms with Gasteiger partial charge in [-0.05, 0) is 18.6 Å². The normalized spacial score (nSPS) is 10.0. The van der Waals surface area contributed by atoms with Gasteiger partial charge >= 0.3 is 0 Å². The molecule has 0 fully saturated rings. The van der Waals surface area contributed by atoms with E-state index in [4.69, 9.17) is 4.84 Å². The fraction of sp³-hybridized carbons (Fsp3) is 0.375. The Kier molecular flexibility index (Phi) is 3.01. The largest absolute Gasteiger partial charge is 0.296 e. The standard InChI is InChI=1S/C8H12N2O/c1-7-3-4-8(10-5-7)6-11-9-2/h3-5,9H,6H2,1-2H3. The van der Waals surface area contributed by atoms with E-state index in [0.29, 0.717) is 6.61 Å². The highest BCUT2D eigenvalue weighted by Gasteiger charge is 1.91. The van der Waals surface area contributed by atoms with E-state index in [0.717, 1.165) is 5.69 Å². The number of pyridine rings is 1. The average Bonchev–Trinajstić information content (AvgIpc) is 2.04. The summed E-state index contributed by atoms with van der Waals surface area (Å²) in [6.45, 7) is 2.52. The fourth-order valence-corrected chi connectivity index (χ4v) is 0.730. The molecule has 1 heterocycles. The van der Waals surface area contributed by atoms with E-state index in [2.05, 4.69) is 10.5 Å². The van der Waals surface area contributed by atoms with Crippen LogP contribution >= 0.6 is 0 Å². The molecule has 0 aliphatic carbocycles. The molecule has 0 atom stereocenters. The third kappa shape index (κ3) is 2.65. The average molecular weight is 152 g/mol. The maximum Gasteiger partial charge on any atom is 0.110 e. The van der Waals surface area contributed by atoms with Crippen LogP contribution in [0.25, 0.3) is 0 Å². The van der Waals surface area contributed by atoms with E-state index in [9.17, 15) is 0 Å². The van der Waals surface area contributed by atoms with Gasteiger partial charge in [0, 0.05) is 13.2 Å². The number of nitrogens with zero attached hydrogens (tertiary/aromatic N) is 1. The van der Waals surface area contributed by atoms with Gasteiger partial charge in [-0.3, -0.25) is 9.82 Å². The van der Waals surface area contributed by atoms with Gasteiger partial charge in [0.15, 0.2) is 0 Å². The van der Waals surface area contributed by atoms with Crippen molar-refractivity contribution in [1.82, 2.24) is 10.5 Å². The van der Waals surface area contributed by atoms with Gasteiger partial charge in [0.2, 0.25) is 0 Å². The van der Waals surface area contributed by atoms with Crippen molar-refractivity contribution in [3.63, 3.8) is 0 Å². The number of hydroxylamine groups is 1. The van der Waals surface area contributed by atoms with Gasteiger partial charge in [-0.25, -0.2) is 5.48 Å². The maximum atomic E-state index is 4.95. The molecule has 0 bridgehead atoms. The highest BCUT2D eigenvalue weighted by molar-refractivity contribution is 5.11. The van der Waals surface area contributed by atoms with Gasteiger partial charge in [-0.15, -0.1) is 0 Å². The minimum atomic E-state index is 0.511. The third-order valence-electron chi connectivity index (χ3n) is 1.34. The lowest BCUT2D eigenvalue weighted by Gasteiger charge is -2.00. The molecule has 1 N–H and O–H groups in total. The summed E-state index contributed by atoms with van der Waals surface area (Å²) in [5.74, 6) is 0. The van der Waals surface area contributed by atoms with E-state index in [1.807, 2.05) is 25.3 Å². The number of nitrogens with one attached hydrogen (secondary N) is 1. The summed E-state index contributed by atoms with van der Waals surface area (Å²) in [5, 5.41) is 0. The molecule has 3 heteroatoms. The Balaban J connectivity index is 2.52. The number of rotatable bonds is 3. The molecular formula is C8H12N2O. The van der Waals surface area contributed by atoms with E-state index in [1.54, 1.807) is 7.05 Å². The summed E-state index contributed by atoms with van der Waals surface area (Å²) < 4.78 is 0. The lowest BCUT2D eigenvalue weighted by atomic mass is 10.3.